The van der Waals surface area contributed by atoms with Gasteiger partial charge in [-0.15, -0.1) is 0 Å². The van der Waals surface area contributed by atoms with Crippen LogP contribution in [0.15, 0.2) is 36.4 Å². The van der Waals surface area contributed by atoms with Crippen LogP contribution in [0.3, 0.4) is 0 Å². The number of aromatic amines is 1. The minimum Gasteiger partial charge on any atom is -0.349 e. The van der Waals surface area contributed by atoms with E-state index in [9.17, 15) is 4.79 Å². The predicted molar refractivity (Wildman–Crippen MR) is 97.2 cm³/mol. The Kier molecular flexibility index (Phi) is 5.78. The van der Waals surface area contributed by atoms with Gasteiger partial charge >= 0.3 is 0 Å². The normalized spacial score (nSPS) is 13.1. The van der Waals surface area contributed by atoms with Gasteiger partial charge in [0.2, 0.25) is 0 Å². The van der Waals surface area contributed by atoms with Crippen molar-refractivity contribution >= 4 is 5.91 Å². The van der Waals surface area contributed by atoms with Gasteiger partial charge < -0.3 is 10.2 Å². The molecule has 5 nitrogen and oxygen atoms in total. The number of aromatic nitrogens is 2. The molecule has 0 saturated heterocycles. The summed E-state index contributed by atoms with van der Waals surface area (Å²) in [5.41, 5.74) is 2.61. The van der Waals surface area contributed by atoms with E-state index in [0.29, 0.717) is 12.2 Å². The highest BCUT2D eigenvalue weighted by Gasteiger charge is 2.20. The minimum absolute atomic E-state index is 0.0506. The van der Waals surface area contributed by atoms with Gasteiger partial charge in [-0.2, -0.15) is 5.10 Å². The SMILES string of the molecule is CN(C)C(CNC(=O)c1cc(C(C)(C)C)[nH]n1)Cc1ccccc1. The minimum atomic E-state index is -0.137. The molecule has 1 aromatic heterocycles. The van der Waals surface area contributed by atoms with Crippen LogP contribution in [-0.2, 0) is 11.8 Å². The highest BCUT2D eigenvalue weighted by molar-refractivity contribution is 5.92. The fourth-order valence-corrected chi connectivity index (χ4v) is 2.45. The summed E-state index contributed by atoms with van der Waals surface area (Å²) in [5, 5.41) is 10.1. The number of carbonyl (C=O) groups is 1. The summed E-state index contributed by atoms with van der Waals surface area (Å²) in [7, 11) is 4.07. The van der Waals surface area contributed by atoms with Crippen LogP contribution < -0.4 is 5.32 Å². The number of nitrogens with one attached hydrogen (secondary N) is 2. The van der Waals surface area contributed by atoms with E-state index in [-0.39, 0.29) is 17.4 Å². The topological polar surface area (TPSA) is 61.0 Å². The quantitative estimate of drug-likeness (QED) is 0.857. The van der Waals surface area contributed by atoms with E-state index in [1.165, 1.54) is 5.56 Å². The van der Waals surface area contributed by atoms with Crippen molar-refractivity contribution in [2.75, 3.05) is 20.6 Å². The van der Waals surface area contributed by atoms with E-state index >= 15 is 0 Å². The second-order valence-corrected chi connectivity index (χ2v) is 7.43. The molecule has 24 heavy (non-hydrogen) atoms. The van der Waals surface area contributed by atoms with Crippen LogP contribution in [0.1, 0.15) is 42.5 Å². The Labute approximate surface area is 144 Å². The summed E-state index contributed by atoms with van der Waals surface area (Å²) in [6.45, 7) is 6.84. The summed E-state index contributed by atoms with van der Waals surface area (Å²) in [6, 6.07) is 12.4. The lowest BCUT2D eigenvalue weighted by molar-refractivity contribution is 0.0936. The van der Waals surface area contributed by atoms with Crippen molar-refractivity contribution < 1.29 is 4.79 Å². The summed E-state index contributed by atoms with van der Waals surface area (Å²) in [4.78, 5) is 14.5. The van der Waals surface area contributed by atoms with E-state index in [0.717, 1.165) is 12.1 Å². The van der Waals surface area contributed by atoms with Crippen molar-refractivity contribution in [3.63, 3.8) is 0 Å². The Hall–Kier alpha value is -2.14. The third kappa shape index (κ3) is 4.93. The van der Waals surface area contributed by atoms with E-state index in [1.807, 2.05) is 38.4 Å². The summed E-state index contributed by atoms with van der Waals surface area (Å²) in [5.74, 6) is -0.137. The maximum atomic E-state index is 12.4. The third-order valence-corrected chi connectivity index (χ3v) is 4.16. The van der Waals surface area contributed by atoms with E-state index in [1.54, 1.807) is 0 Å². The van der Waals surface area contributed by atoms with Crippen molar-refractivity contribution in [2.45, 2.75) is 38.6 Å². The van der Waals surface area contributed by atoms with Gasteiger partial charge in [-0.1, -0.05) is 51.1 Å². The lowest BCUT2D eigenvalue weighted by Crippen LogP contribution is -2.41. The number of likely N-dealkylation sites (N-methyl/N-ethyl adjacent to an activating group) is 1. The molecule has 5 heteroatoms. The Morgan fingerprint density at radius 1 is 1.25 bits per heavy atom. The standard InChI is InChI=1S/C19H28N4O/c1-19(2,3)17-12-16(21-22-17)18(24)20-13-15(23(4)5)11-14-9-7-6-8-10-14/h6-10,12,15H,11,13H2,1-5H3,(H,20,24)(H,21,22). The van der Waals surface area contributed by atoms with E-state index < -0.39 is 0 Å². The van der Waals surface area contributed by atoms with Crippen LogP contribution in [0, 0.1) is 0 Å². The molecule has 0 bridgehead atoms. The molecule has 130 valence electrons. The molecule has 1 amide bonds. The first kappa shape index (κ1) is 18.2. The molecule has 1 atom stereocenters. The van der Waals surface area contributed by atoms with Gasteiger partial charge in [0, 0.05) is 23.7 Å². The Balaban J connectivity index is 1.96. The zero-order valence-corrected chi connectivity index (χ0v) is 15.3. The van der Waals surface area contributed by atoms with Crippen molar-refractivity contribution in [3.8, 4) is 0 Å². The number of rotatable bonds is 6. The molecule has 2 rings (SSSR count). The molecule has 0 spiro atoms. The smallest absolute Gasteiger partial charge is 0.271 e. The Morgan fingerprint density at radius 3 is 2.46 bits per heavy atom. The Morgan fingerprint density at radius 2 is 1.92 bits per heavy atom. The fourth-order valence-electron chi connectivity index (χ4n) is 2.45. The first-order valence-electron chi connectivity index (χ1n) is 8.32. The van der Waals surface area contributed by atoms with Crippen molar-refractivity contribution in [2.24, 2.45) is 0 Å². The molecule has 1 heterocycles. The van der Waals surface area contributed by atoms with E-state index in [2.05, 4.69) is 53.3 Å². The van der Waals surface area contributed by atoms with E-state index in [4.69, 9.17) is 0 Å². The van der Waals surface area contributed by atoms with Gasteiger partial charge in [-0.05, 0) is 32.1 Å². The molecule has 0 aliphatic heterocycles. The number of carbonyl (C=O) groups excluding carboxylic acids is 1. The van der Waals surface area contributed by atoms with Gasteiger partial charge in [0.05, 0.1) is 0 Å². The lowest BCUT2D eigenvalue weighted by atomic mass is 9.92. The molecular formula is C19H28N4O. The van der Waals surface area contributed by atoms with Crippen molar-refractivity contribution in [3.05, 3.63) is 53.3 Å². The third-order valence-electron chi connectivity index (χ3n) is 4.16. The summed E-state index contributed by atoms with van der Waals surface area (Å²) >= 11 is 0. The number of benzene rings is 1. The number of hydrogen-bond acceptors (Lipinski definition) is 3. The van der Waals surface area contributed by atoms with Gasteiger partial charge in [0.25, 0.3) is 5.91 Å². The lowest BCUT2D eigenvalue weighted by Gasteiger charge is -2.24. The highest BCUT2D eigenvalue weighted by atomic mass is 16.1. The maximum absolute atomic E-state index is 12.4. The fraction of sp³-hybridized carbons (Fsp3) is 0.474. The van der Waals surface area contributed by atoms with Gasteiger partial charge in [-0.25, -0.2) is 0 Å². The zero-order valence-electron chi connectivity index (χ0n) is 15.3. The van der Waals surface area contributed by atoms with Gasteiger partial charge in [-0.3, -0.25) is 9.89 Å². The molecule has 0 aliphatic carbocycles. The molecular weight excluding hydrogens is 300 g/mol. The number of H-pyrrole nitrogens is 1. The molecule has 1 unspecified atom stereocenters. The van der Waals surface area contributed by atoms with Gasteiger partial charge in [0.15, 0.2) is 0 Å². The molecule has 0 saturated carbocycles. The van der Waals surface area contributed by atoms with Crippen LogP contribution in [0.5, 0.6) is 0 Å². The first-order valence-corrected chi connectivity index (χ1v) is 8.32. The highest BCUT2D eigenvalue weighted by Crippen LogP contribution is 2.20. The number of hydrogen-bond donors (Lipinski definition) is 2. The molecule has 0 aliphatic rings. The maximum Gasteiger partial charge on any atom is 0.271 e. The average Bonchev–Trinajstić information content (AvgIpc) is 3.02. The van der Waals surface area contributed by atoms with Gasteiger partial charge in [0.1, 0.15) is 5.69 Å². The van der Waals surface area contributed by atoms with Crippen molar-refractivity contribution in [1.29, 1.82) is 0 Å². The first-order chi connectivity index (χ1) is 11.3. The zero-order chi connectivity index (χ0) is 17.7. The van der Waals surface area contributed by atoms with Crippen molar-refractivity contribution in [1.82, 2.24) is 20.4 Å². The molecule has 1 aromatic carbocycles. The molecule has 2 aromatic rings. The monoisotopic (exact) mass is 328 g/mol. The van der Waals surface area contributed by atoms with Crippen LogP contribution in [0.25, 0.3) is 0 Å². The largest absolute Gasteiger partial charge is 0.349 e. The van der Waals surface area contributed by atoms with Crippen LogP contribution >= 0.6 is 0 Å². The summed E-state index contributed by atoms with van der Waals surface area (Å²) < 4.78 is 0. The number of amides is 1. The molecule has 0 radical (unpaired) electrons. The van der Waals surface area contributed by atoms with Crippen LogP contribution in [-0.4, -0.2) is 47.7 Å². The van der Waals surface area contributed by atoms with Crippen LogP contribution in [0.2, 0.25) is 0 Å². The predicted octanol–water partition coefficient (Wildman–Crippen LogP) is 2.61. The summed E-state index contributed by atoms with van der Waals surface area (Å²) in [6.07, 6.45) is 0.891. The Bertz CT molecular complexity index is 656. The average molecular weight is 328 g/mol. The molecule has 2 N–H and O–H groups in total. The second-order valence-electron chi connectivity index (χ2n) is 7.43. The van der Waals surface area contributed by atoms with Crippen LogP contribution in [0.4, 0.5) is 0 Å². The second kappa shape index (κ2) is 7.62. The molecule has 0 fully saturated rings. The number of nitrogens with zero attached hydrogens (tertiary/aromatic N) is 2.